The summed E-state index contributed by atoms with van der Waals surface area (Å²) < 4.78 is 59.2. The van der Waals surface area contributed by atoms with Crippen LogP contribution in [0.2, 0.25) is 0 Å². The number of amides is 1. The molecule has 3 aromatic rings. The Kier molecular flexibility index (Phi) is 6.35. The van der Waals surface area contributed by atoms with Crippen LogP contribution >= 0.6 is 0 Å². The van der Waals surface area contributed by atoms with E-state index >= 15 is 0 Å². The Balaban J connectivity index is 1.53. The van der Waals surface area contributed by atoms with Gasteiger partial charge in [0.2, 0.25) is 11.6 Å². The second kappa shape index (κ2) is 9.23. The predicted octanol–water partition coefficient (Wildman–Crippen LogP) is 3.52. The van der Waals surface area contributed by atoms with Crippen molar-refractivity contribution in [1.29, 1.82) is 0 Å². The lowest BCUT2D eigenvalue weighted by Gasteiger charge is -2.30. The number of piperidine rings is 1. The molecular formula is C21H22F3N5O5. The van der Waals surface area contributed by atoms with Crippen LogP contribution in [-0.4, -0.2) is 65.6 Å². The van der Waals surface area contributed by atoms with Crippen molar-refractivity contribution >= 4 is 5.91 Å². The number of rotatable bonds is 6. The molecular weight excluding hydrogens is 459 g/mol. The number of hydrogen-bond donors (Lipinski definition) is 1. The lowest BCUT2D eigenvalue weighted by molar-refractivity contribution is -0.157. The smallest absolute Gasteiger partial charge is 0.470 e. The van der Waals surface area contributed by atoms with E-state index in [9.17, 15) is 18.0 Å². The zero-order chi connectivity index (χ0) is 24.5. The summed E-state index contributed by atoms with van der Waals surface area (Å²) in [6, 6.07) is 4.99. The third kappa shape index (κ3) is 4.50. The minimum Gasteiger partial charge on any atom is -0.493 e. The molecule has 1 amide bonds. The minimum atomic E-state index is -4.71. The Hall–Kier alpha value is -3.77. The van der Waals surface area contributed by atoms with Crippen LogP contribution in [0.3, 0.4) is 0 Å². The summed E-state index contributed by atoms with van der Waals surface area (Å²) in [6.07, 6.45) is -3.61. The Morgan fingerprint density at radius 2 is 1.82 bits per heavy atom. The topological polar surface area (TPSA) is 116 Å². The molecule has 2 aromatic heterocycles. The molecule has 1 unspecified atom stereocenters. The zero-order valence-corrected chi connectivity index (χ0v) is 18.6. The van der Waals surface area contributed by atoms with Crippen LogP contribution in [0.4, 0.5) is 13.2 Å². The number of likely N-dealkylation sites (tertiary alicyclic amines) is 1. The van der Waals surface area contributed by atoms with Crippen molar-refractivity contribution in [3.05, 3.63) is 35.7 Å². The first-order valence-corrected chi connectivity index (χ1v) is 10.3. The SMILES string of the molecule is COc1cc(-c2cc(C(=O)N3CCCC(c4nnc(C(F)(F)F)o4)C3)[nH]n2)cc(OC)c1OC. The van der Waals surface area contributed by atoms with E-state index in [1.807, 2.05) is 0 Å². The first-order chi connectivity index (χ1) is 16.2. The van der Waals surface area contributed by atoms with E-state index in [0.29, 0.717) is 47.9 Å². The highest BCUT2D eigenvalue weighted by atomic mass is 19.4. The largest absolute Gasteiger partial charge is 0.493 e. The lowest BCUT2D eigenvalue weighted by Crippen LogP contribution is -2.39. The highest BCUT2D eigenvalue weighted by molar-refractivity contribution is 5.93. The number of H-pyrrole nitrogens is 1. The van der Waals surface area contributed by atoms with E-state index in [1.54, 1.807) is 18.2 Å². The number of benzene rings is 1. The summed E-state index contributed by atoms with van der Waals surface area (Å²) in [5.74, 6) is -1.06. The summed E-state index contributed by atoms with van der Waals surface area (Å²) in [7, 11) is 4.48. The van der Waals surface area contributed by atoms with Gasteiger partial charge in [-0.3, -0.25) is 9.89 Å². The van der Waals surface area contributed by atoms with Gasteiger partial charge in [0, 0.05) is 18.7 Å². The van der Waals surface area contributed by atoms with Crippen molar-refractivity contribution in [2.45, 2.75) is 24.9 Å². The van der Waals surface area contributed by atoms with Crippen molar-refractivity contribution in [3.63, 3.8) is 0 Å². The van der Waals surface area contributed by atoms with Gasteiger partial charge < -0.3 is 23.5 Å². The molecule has 34 heavy (non-hydrogen) atoms. The average molecular weight is 481 g/mol. The lowest BCUT2D eigenvalue weighted by atomic mass is 9.97. The van der Waals surface area contributed by atoms with Gasteiger partial charge in [-0.2, -0.15) is 18.3 Å². The predicted molar refractivity (Wildman–Crippen MR) is 111 cm³/mol. The van der Waals surface area contributed by atoms with E-state index in [0.717, 1.165) is 0 Å². The van der Waals surface area contributed by atoms with Crippen LogP contribution in [0.15, 0.2) is 22.6 Å². The van der Waals surface area contributed by atoms with E-state index < -0.39 is 18.0 Å². The summed E-state index contributed by atoms with van der Waals surface area (Å²) in [5.41, 5.74) is 1.33. The van der Waals surface area contributed by atoms with E-state index in [4.69, 9.17) is 18.6 Å². The molecule has 0 saturated carbocycles. The van der Waals surface area contributed by atoms with Gasteiger partial charge in [0.05, 0.1) is 32.9 Å². The second-order valence-corrected chi connectivity index (χ2v) is 7.61. The molecule has 1 N–H and O–H groups in total. The van der Waals surface area contributed by atoms with Crippen LogP contribution in [0.5, 0.6) is 17.2 Å². The fourth-order valence-corrected chi connectivity index (χ4v) is 3.86. The van der Waals surface area contributed by atoms with Gasteiger partial charge in [0.1, 0.15) is 5.69 Å². The van der Waals surface area contributed by atoms with Crippen LogP contribution in [0, 0.1) is 0 Å². The van der Waals surface area contributed by atoms with E-state index in [-0.39, 0.29) is 24.0 Å². The quantitative estimate of drug-likeness (QED) is 0.569. The molecule has 1 aliphatic rings. The third-order valence-electron chi connectivity index (χ3n) is 5.51. The molecule has 1 atom stereocenters. The van der Waals surface area contributed by atoms with Gasteiger partial charge >= 0.3 is 12.1 Å². The van der Waals surface area contributed by atoms with Gasteiger partial charge in [0.25, 0.3) is 5.91 Å². The first-order valence-electron chi connectivity index (χ1n) is 10.3. The van der Waals surface area contributed by atoms with Gasteiger partial charge in [-0.15, -0.1) is 10.2 Å². The molecule has 4 rings (SSSR count). The Morgan fingerprint density at radius 1 is 1.12 bits per heavy atom. The first kappa shape index (κ1) is 23.4. The van der Waals surface area contributed by atoms with E-state index in [2.05, 4.69) is 20.4 Å². The molecule has 0 radical (unpaired) electrons. The van der Waals surface area contributed by atoms with Crippen LogP contribution in [-0.2, 0) is 6.18 Å². The number of aromatic amines is 1. The summed E-state index contributed by atoms with van der Waals surface area (Å²) in [5, 5.41) is 13.6. The van der Waals surface area contributed by atoms with Crippen LogP contribution in [0.1, 0.15) is 41.0 Å². The molecule has 1 aliphatic heterocycles. The molecule has 1 saturated heterocycles. The van der Waals surface area contributed by atoms with Gasteiger partial charge in [-0.25, -0.2) is 0 Å². The standard InChI is InChI=1S/C21H22F3N5O5/c1-31-15-7-12(8-16(32-2)17(15)33-3)13-9-14(26-25-13)19(30)29-6-4-5-11(10-29)18-27-28-20(34-18)21(22,23)24/h7-9,11H,4-6,10H2,1-3H3,(H,25,26). The number of hydrogen-bond acceptors (Lipinski definition) is 8. The van der Waals surface area contributed by atoms with Crippen molar-refractivity contribution in [1.82, 2.24) is 25.3 Å². The van der Waals surface area contributed by atoms with Crippen LogP contribution in [0.25, 0.3) is 11.3 Å². The van der Waals surface area contributed by atoms with Gasteiger partial charge in [-0.1, -0.05) is 0 Å². The molecule has 182 valence electrons. The molecule has 0 bridgehead atoms. The maximum absolute atomic E-state index is 13.1. The maximum atomic E-state index is 13.1. The second-order valence-electron chi connectivity index (χ2n) is 7.61. The fourth-order valence-electron chi connectivity index (χ4n) is 3.86. The molecule has 3 heterocycles. The number of nitrogens with one attached hydrogen (secondary N) is 1. The zero-order valence-electron chi connectivity index (χ0n) is 18.6. The van der Waals surface area contributed by atoms with Crippen molar-refractivity contribution in [2.24, 2.45) is 0 Å². The van der Waals surface area contributed by atoms with Crippen molar-refractivity contribution < 1.29 is 36.6 Å². The Morgan fingerprint density at radius 3 is 2.41 bits per heavy atom. The molecule has 1 fully saturated rings. The van der Waals surface area contributed by atoms with Gasteiger partial charge in [0.15, 0.2) is 11.5 Å². The maximum Gasteiger partial charge on any atom is 0.470 e. The summed E-state index contributed by atoms with van der Waals surface area (Å²) >= 11 is 0. The number of methoxy groups -OCH3 is 3. The van der Waals surface area contributed by atoms with E-state index in [1.165, 1.54) is 26.2 Å². The summed E-state index contributed by atoms with van der Waals surface area (Å²) in [4.78, 5) is 14.6. The highest BCUT2D eigenvalue weighted by Gasteiger charge is 2.39. The van der Waals surface area contributed by atoms with Crippen LogP contribution < -0.4 is 14.2 Å². The molecule has 0 aliphatic carbocycles. The number of carbonyl (C=O) groups excluding carboxylic acids is 1. The normalized spacial score (nSPS) is 16.4. The molecule has 0 spiro atoms. The van der Waals surface area contributed by atoms with Gasteiger partial charge in [-0.05, 0) is 31.0 Å². The Bertz CT molecular complexity index is 1150. The number of halogens is 3. The highest BCUT2D eigenvalue weighted by Crippen LogP contribution is 2.41. The number of aromatic nitrogens is 4. The monoisotopic (exact) mass is 481 g/mol. The number of ether oxygens (including phenoxy) is 3. The van der Waals surface area contributed by atoms with Crippen molar-refractivity contribution in [2.75, 3.05) is 34.4 Å². The van der Waals surface area contributed by atoms with Crippen molar-refractivity contribution in [3.8, 4) is 28.5 Å². The third-order valence-corrected chi connectivity index (χ3v) is 5.51. The fraction of sp³-hybridized carbons (Fsp3) is 0.429. The average Bonchev–Trinajstić information content (AvgIpc) is 3.53. The molecule has 10 nitrogen and oxygen atoms in total. The minimum absolute atomic E-state index is 0.132. The molecule has 13 heteroatoms. The number of carbonyl (C=O) groups is 1. The Labute approximate surface area is 192 Å². The molecule has 1 aromatic carbocycles. The number of nitrogens with zero attached hydrogens (tertiary/aromatic N) is 4. The number of alkyl halides is 3. The summed E-state index contributed by atoms with van der Waals surface area (Å²) in [6.45, 7) is 0.588.